The minimum Gasteiger partial charge on any atom is -0.349 e. The molecule has 2 aliphatic carbocycles. The van der Waals surface area contributed by atoms with Gasteiger partial charge in [-0.15, -0.1) is 0 Å². The van der Waals surface area contributed by atoms with Gasteiger partial charge in [0.2, 0.25) is 11.8 Å². The molecule has 1 unspecified atom stereocenters. The number of aryl methyl sites for hydroxylation is 1. The van der Waals surface area contributed by atoms with E-state index in [1.54, 1.807) is 19.2 Å². The molecular weight excluding hydrogens is 553 g/mol. The highest BCUT2D eigenvalue weighted by Gasteiger charge is 2.41. The van der Waals surface area contributed by atoms with Gasteiger partial charge in [-0.25, -0.2) is 22.9 Å². The lowest BCUT2D eigenvalue weighted by Crippen LogP contribution is -2.37. The third-order valence-corrected chi connectivity index (χ3v) is 7.89. The number of nitrogens with one attached hydrogen (secondary N) is 2. The van der Waals surface area contributed by atoms with E-state index in [2.05, 4.69) is 35.7 Å². The van der Waals surface area contributed by atoms with Crippen molar-refractivity contribution in [2.75, 3.05) is 0 Å². The molecule has 3 aromatic heterocycles. The number of carbonyl (C=O) groups excluding carboxylic acids is 2. The van der Waals surface area contributed by atoms with E-state index < -0.39 is 48.3 Å². The Morgan fingerprint density at radius 1 is 1.10 bits per heavy atom. The summed E-state index contributed by atoms with van der Waals surface area (Å²) >= 11 is 0. The maximum Gasteiger partial charge on any atom is 0.392 e. The Hall–Kier alpha value is -3.65. The van der Waals surface area contributed by atoms with E-state index >= 15 is 0 Å². The number of alkyl halides is 5. The van der Waals surface area contributed by atoms with Gasteiger partial charge in [-0.2, -0.15) is 18.3 Å². The highest BCUT2D eigenvalue weighted by atomic mass is 19.4. The maximum atomic E-state index is 13.9. The fourth-order valence-electron chi connectivity index (χ4n) is 5.24. The zero-order valence-electron chi connectivity index (χ0n) is 22.4. The van der Waals surface area contributed by atoms with Crippen LogP contribution in [0.3, 0.4) is 0 Å². The van der Waals surface area contributed by atoms with E-state index in [0.717, 1.165) is 19.8 Å². The third-order valence-electron chi connectivity index (χ3n) is 7.89. The molecule has 222 valence electrons. The van der Waals surface area contributed by atoms with Crippen LogP contribution in [0.15, 0.2) is 23.1 Å². The molecular formula is C26H30F5N7O3. The van der Waals surface area contributed by atoms with Crippen molar-refractivity contribution in [1.82, 2.24) is 35.5 Å². The Bertz CT molecular complexity index is 1410. The van der Waals surface area contributed by atoms with Crippen LogP contribution in [0, 0.1) is 24.7 Å². The molecule has 0 radical (unpaired) electrons. The first kappa shape index (κ1) is 28.9. The van der Waals surface area contributed by atoms with Gasteiger partial charge < -0.3 is 10.6 Å². The van der Waals surface area contributed by atoms with E-state index in [4.69, 9.17) is 0 Å². The van der Waals surface area contributed by atoms with E-state index in [9.17, 15) is 31.5 Å². The van der Waals surface area contributed by atoms with Crippen LogP contribution in [-0.4, -0.2) is 48.8 Å². The van der Waals surface area contributed by atoms with Crippen LogP contribution in [0.1, 0.15) is 91.4 Å². The average molecular weight is 584 g/mol. The van der Waals surface area contributed by atoms with Crippen molar-refractivity contribution < 1.29 is 36.2 Å². The molecule has 41 heavy (non-hydrogen) atoms. The molecule has 10 nitrogen and oxygen atoms in total. The topological polar surface area (TPSA) is 127 Å². The first-order chi connectivity index (χ1) is 19.3. The lowest BCUT2D eigenvalue weighted by atomic mass is 9.81. The van der Waals surface area contributed by atoms with Crippen LogP contribution in [0.25, 0.3) is 5.65 Å². The number of fused-ring (bicyclic) bond motifs is 1. The van der Waals surface area contributed by atoms with Gasteiger partial charge in [0.15, 0.2) is 11.3 Å². The molecule has 2 saturated carbocycles. The molecule has 2 aliphatic rings. The van der Waals surface area contributed by atoms with E-state index in [0.29, 0.717) is 16.9 Å². The second-order valence-electron chi connectivity index (χ2n) is 11.1. The smallest absolute Gasteiger partial charge is 0.349 e. The SMILES string of the molecule is Cc1nonc1C(=O)N[C@H](c1cn2ncc(C(NC(=O)C[C@@H](C)C(F)(F)F)C3CC3)cc2n1)C1CCC(F)(F)CC1. The predicted octanol–water partition coefficient (Wildman–Crippen LogP) is 4.87. The summed E-state index contributed by atoms with van der Waals surface area (Å²) in [6, 6.07) is 0.425. The first-order valence-electron chi connectivity index (χ1n) is 13.5. The number of hydrogen-bond acceptors (Lipinski definition) is 7. The lowest BCUT2D eigenvalue weighted by molar-refractivity contribution is -0.174. The molecule has 0 bridgehead atoms. The van der Waals surface area contributed by atoms with Gasteiger partial charge in [0.05, 0.1) is 36.1 Å². The van der Waals surface area contributed by atoms with Crippen LogP contribution in [0.5, 0.6) is 0 Å². The highest BCUT2D eigenvalue weighted by Crippen LogP contribution is 2.43. The van der Waals surface area contributed by atoms with Crippen molar-refractivity contribution >= 4 is 17.5 Å². The van der Waals surface area contributed by atoms with Crippen molar-refractivity contribution in [3.8, 4) is 0 Å². The number of halogens is 5. The molecule has 3 atom stereocenters. The van der Waals surface area contributed by atoms with Crippen molar-refractivity contribution in [2.45, 2.75) is 83.0 Å². The molecule has 0 spiro atoms. The molecule has 5 rings (SSSR count). The Morgan fingerprint density at radius 3 is 2.39 bits per heavy atom. The summed E-state index contributed by atoms with van der Waals surface area (Å²) in [6.07, 6.45) is -0.739. The minimum absolute atomic E-state index is 0.0248. The van der Waals surface area contributed by atoms with Crippen molar-refractivity contribution in [2.24, 2.45) is 17.8 Å². The maximum absolute atomic E-state index is 13.9. The fourth-order valence-corrected chi connectivity index (χ4v) is 5.24. The van der Waals surface area contributed by atoms with Crippen LogP contribution in [0.2, 0.25) is 0 Å². The molecule has 3 aromatic rings. The van der Waals surface area contributed by atoms with Gasteiger partial charge in [-0.05, 0) is 61.2 Å². The number of hydrogen-bond donors (Lipinski definition) is 2. The number of rotatable bonds is 9. The molecule has 0 aromatic carbocycles. The standard InChI is InChI=1S/C26H30F5N7O3/c1-13(26(29,30)31)9-20(39)34-22(15-3-4-15)17-10-19-33-18(12-38(19)32-11-17)23(16-5-7-25(27,28)8-6-16)35-24(40)21-14(2)36-41-37-21/h10-13,15-16,22-23H,3-9H2,1-2H3,(H,34,39)(H,35,40)/t13-,22?,23+/m1/s1. The highest BCUT2D eigenvalue weighted by molar-refractivity contribution is 5.93. The Morgan fingerprint density at radius 2 is 1.78 bits per heavy atom. The Labute approximate surface area is 231 Å². The molecule has 3 heterocycles. The molecule has 0 aliphatic heterocycles. The summed E-state index contributed by atoms with van der Waals surface area (Å²) in [6.45, 7) is 2.52. The van der Waals surface area contributed by atoms with E-state index in [1.165, 1.54) is 10.7 Å². The number of aromatic nitrogens is 5. The van der Waals surface area contributed by atoms with Gasteiger partial charge in [0.1, 0.15) is 5.69 Å². The van der Waals surface area contributed by atoms with Crippen LogP contribution >= 0.6 is 0 Å². The van der Waals surface area contributed by atoms with Crippen molar-refractivity contribution in [1.29, 1.82) is 0 Å². The zero-order valence-corrected chi connectivity index (χ0v) is 22.4. The largest absolute Gasteiger partial charge is 0.392 e. The van der Waals surface area contributed by atoms with E-state index in [1.807, 2.05) is 0 Å². The molecule has 2 amide bonds. The summed E-state index contributed by atoms with van der Waals surface area (Å²) in [4.78, 5) is 30.1. The summed E-state index contributed by atoms with van der Waals surface area (Å²) in [7, 11) is 0. The summed E-state index contributed by atoms with van der Waals surface area (Å²) in [5.41, 5.74) is 1.62. The quantitative estimate of drug-likeness (QED) is 0.344. The number of amides is 2. The fraction of sp³-hybridized carbons (Fsp3) is 0.615. The molecule has 2 N–H and O–H groups in total. The van der Waals surface area contributed by atoms with E-state index in [-0.39, 0.29) is 48.9 Å². The minimum atomic E-state index is -4.47. The van der Waals surface area contributed by atoms with Gasteiger partial charge in [-0.3, -0.25) is 9.59 Å². The van der Waals surface area contributed by atoms with Gasteiger partial charge >= 0.3 is 6.18 Å². The lowest BCUT2D eigenvalue weighted by Gasteiger charge is -2.33. The predicted molar refractivity (Wildman–Crippen MR) is 133 cm³/mol. The van der Waals surface area contributed by atoms with Gasteiger partial charge in [0, 0.05) is 19.3 Å². The van der Waals surface area contributed by atoms with Crippen LogP contribution < -0.4 is 10.6 Å². The average Bonchev–Trinajstić information content (AvgIpc) is 3.50. The molecule has 2 fully saturated rings. The van der Waals surface area contributed by atoms with Crippen molar-refractivity contribution in [3.05, 3.63) is 41.1 Å². The number of carbonyl (C=O) groups is 2. The van der Waals surface area contributed by atoms with Crippen molar-refractivity contribution in [3.63, 3.8) is 0 Å². The monoisotopic (exact) mass is 583 g/mol. The summed E-state index contributed by atoms with van der Waals surface area (Å²) in [5, 5.41) is 17.2. The first-order valence-corrected chi connectivity index (χ1v) is 13.5. The number of nitrogens with zero attached hydrogens (tertiary/aromatic N) is 5. The number of imidazole rings is 1. The summed E-state index contributed by atoms with van der Waals surface area (Å²) < 4.78 is 72.8. The van der Waals surface area contributed by atoms with Gasteiger partial charge in [-0.1, -0.05) is 12.1 Å². The Balaban J connectivity index is 1.39. The second kappa shape index (κ2) is 11.0. The zero-order chi connectivity index (χ0) is 29.5. The van der Waals surface area contributed by atoms with Crippen LogP contribution in [0.4, 0.5) is 22.0 Å². The normalized spacial score (nSPS) is 20.0. The van der Waals surface area contributed by atoms with Gasteiger partial charge in [0.25, 0.3) is 5.91 Å². The molecule has 15 heteroatoms. The van der Waals surface area contributed by atoms with Crippen LogP contribution in [-0.2, 0) is 4.79 Å². The summed E-state index contributed by atoms with van der Waals surface area (Å²) in [5.74, 6) is -6.10. The molecule has 0 saturated heterocycles. The Kier molecular flexibility index (Phi) is 7.72. The third kappa shape index (κ3) is 6.64. The second-order valence-corrected chi connectivity index (χ2v) is 11.1.